The van der Waals surface area contributed by atoms with Crippen LogP contribution in [-0.4, -0.2) is 30.8 Å². The van der Waals surface area contributed by atoms with Crippen molar-refractivity contribution >= 4 is 27.5 Å². The van der Waals surface area contributed by atoms with E-state index in [9.17, 15) is 9.90 Å². The van der Waals surface area contributed by atoms with Crippen LogP contribution >= 0.6 is 15.9 Å². The lowest BCUT2D eigenvalue weighted by Gasteiger charge is -2.37. The van der Waals surface area contributed by atoms with Gasteiger partial charge in [0.15, 0.2) is 0 Å². The van der Waals surface area contributed by atoms with Gasteiger partial charge in [-0.2, -0.15) is 0 Å². The standard InChI is InChI=1S/C11H12BrNO3/c12-8-2-1-3-9(4-8)13-10(15)11(5-14)6-16-7-11/h1-4,14H,5-7H2,(H,13,15). The Morgan fingerprint density at radius 3 is 2.81 bits per heavy atom. The highest BCUT2D eigenvalue weighted by Gasteiger charge is 2.45. The van der Waals surface area contributed by atoms with E-state index in [-0.39, 0.29) is 25.7 Å². The van der Waals surface area contributed by atoms with Crippen molar-refractivity contribution in [2.45, 2.75) is 0 Å². The van der Waals surface area contributed by atoms with Gasteiger partial charge < -0.3 is 15.2 Å². The Kier molecular flexibility index (Phi) is 3.28. The molecule has 0 saturated carbocycles. The van der Waals surface area contributed by atoms with Crippen LogP contribution in [0.15, 0.2) is 28.7 Å². The number of carbonyl (C=O) groups excluding carboxylic acids is 1. The summed E-state index contributed by atoms with van der Waals surface area (Å²) in [5.74, 6) is -0.195. The van der Waals surface area contributed by atoms with Gasteiger partial charge in [-0.15, -0.1) is 0 Å². The molecule has 1 aromatic carbocycles. The summed E-state index contributed by atoms with van der Waals surface area (Å²) in [4.78, 5) is 11.9. The molecule has 1 amide bonds. The van der Waals surface area contributed by atoms with Gasteiger partial charge >= 0.3 is 0 Å². The quantitative estimate of drug-likeness (QED) is 0.883. The van der Waals surface area contributed by atoms with Crippen LogP contribution in [0, 0.1) is 5.41 Å². The molecule has 0 radical (unpaired) electrons. The van der Waals surface area contributed by atoms with E-state index in [0.717, 1.165) is 4.47 Å². The third-order valence-corrected chi connectivity index (χ3v) is 3.12. The molecule has 0 aliphatic carbocycles. The number of carbonyl (C=O) groups is 1. The van der Waals surface area contributed by atoms with Crippen molar-refractivity contribution in [2.24, 2.45) is 5.41 Å². The summed E-state index contributed by atoms with van der Waals surface area (Å²) in [5.41, 5.74) is -0.0541. The van der Waals surface area contributed by atoms with E-state index in [1.807, 2.05) is 18.2 Å². The van der Waals surface area contributed by atoms with Gasteiger partial charge in [0.1, 0.15) is 5.41 Å². The molecule has 1 fully saturated rings. The van der Waals surface area contributed by atoms with E-state index in [2.05, 4.69) is 21.2 Å². The molecule has 2 N–H and O–H groups in total. The number of amides is 1. The second kappa shape index (κ2) is 4.53. The minimum Gasteiger partial charge on any atom is -0.395 e. The van der Waals surface area contributed by atoms with Gasteiger partial charge in [0, 0.05) is 10.2 Å². The smallest absolute Gasteiger partial charge is 0.237 e. The van der Waals surface area contributed by atoms with Crippen LogP contribution in [0.2, 0.25) is 0 Å². The van der Waals surface area contributed by atoms with Crippen LogP contribution in [-0.2, 0) is 9.53 Å². The molecule has 1 aliphatic heterocycles. The van der Waals surface area contributed by atoms with E-state index in [0.29, 0.717) is 5.69 Å². The van der Waals surface area contributed by atoms with Crippen LogP contribution in [0.4, 0.5) is 5.69 Å². The summed E-state index contributed by atoms with van der Waals surface area (Å²) in [6, 6.07) is 7.32. The fourth-order valence-electron chi connectivity index (χ4n) is 1.47. The van der Waals surface area contributed by atoms with Crippen LogP contribution in [0.25, 0.3) is 0 Å². The first-order valence-corrected chi connectivity index (χ1v) is 5.71. The van der Waals surface area contributed by atoms with Gasteiger partial charge in [0.05, 0.1) is 19.8 Å². The number of hydrogen-bond acceptors (Lipinski definition) is 3. The topological polar surface area (TPSA) is 58.6 Å². The zero-order valence-corrected chi connectivity index (χ0v) is 10.2. The fourth-order valence-corrected chi connectivity index (χ4v) is 1.87. The van der Waals surface area contributed by atoms with Crippen molar-refractivity contribution in [2.75, 3.05) is 25.1 Å². The number of halogens is 1. The molecular formula is C11H12BrNO3. The molecule has 1 aromatic rings. The molecule has 1 aliphatic rings. The zero-order valence-electron chi connectivity index (χ0n) is 8.57. The van der Waals surface area contributed by atoms with Crippen molar-refractivity contribution in [1.29, 1.82) is 0 Å². The largest absolute Gasteiger partial charge is 0.395 e. The molecular weight excluding hydrogens is 274 g/mol. The fraction of sp³-hybridized carbons (Fsp3) is 0.364. The maximum Gasteiger partial charge on any atom is 0.237 e. The average Bonchev–Trinajstić information content (AvgIpc) is 2.16. The van der Waals surface area contributed by atoms with Gasteiger partial charge in [-0.3, -0.25) is 4.79 Å². The van der Waals surface area contributed by atoms with Crippen molar-refractivity contribution in [3.8, 4) is 0 Å². The maximum absolute atomic E-state index is 11.9. The predicted molar refractivity (Wildman–Crippen MR) is 63.1 cm³/mol. The van der Waals surface area contributed by atoms with E-state index >= 15 is 0 Å². The monoisotopic (exact) mass is 285 g/mol. The first-order chi connectivity index (χ1) is 7.66. The summed E-state index contributed by atoms with van der Waals surface area (Å²) < 4.78 is 5.88. The van der Waals surface area contributed by atoms with Crippen LogP contribution in [0.3, 0.4) is 0 Å². The normalized spacial score (nSPS) is 17.6. The number of aliphatic hydroxyl groups is 1. The van der Waals surface area contributed by atoms with Gasteiger partial charge in [-0.05, 0) is 18.2 Å². The van der Waals surface area contributed by atoms with Crippen LogP contribution < -0.4 is 5.32 Å². The highest BCUT2D eigenvalue weighted by Crippen LogP contribution is 2.28. The zero-order chi connectivity index (χ0) is 11.6. The number of hydrogen-bond donors (Lipinski definition) is 2. The second-order valence-electron chi connectivity index (χ2n) is 3.90. The first kappa shape index (κ1) is 11.6. The van der Waals surface area contributed by atoms with E-state index in [1.165, 1.54) is 0 Å². The lowest BCUT2D eigenvalue weighted by atomic mass is 9.86. The molecule has 1 saturated heterocycles. The third-order valence-electron chi connectivity index (χ3n) is 2.62. The SMILES string of the molecule is O=C(Nc1cccc(Br)c1)C1(CO)COC1. The molecule has 4 nitrogen and oxygen atoms in total. The molecule has 0 unspecified atom stereocenters. The first-order valence-electron chi connectivity index (χ1n) is 4.92. The van der Waals surface area contributed by atoms with Crippen LogP contribution in [0.5, 0.6) is 0 Å². The molecule has 2 rings (SSSR count). The number of anilines is 1. The summed E-state index contributed by atoms with van der Waals surface area (Å²) in [7, 11) is 0. The molecule has 1 heterocycles. The lowest BCUT2D eigenvalue weighted by molar-refractivity contribution is -0.164. The van der Waals surface area contributed by atoms with Gasteiger partial charge in [0.25, 0.3) is 0 Å². The van der Waals surface area contributed by atoms with Crippen molar-refractivity contribution in [3.63, 3.8) is 0 Å². The molecule has 16 heavy (non-hydrogen) atoms. The van der Waals surface area contributed by atoms with Gasteiger partial charge in [-0.25, -0.2) is 0 Å². The summed E-state index contributed by atoms with van der Waals surface area (Å²) in [6.45, 7) is 0.375. The molecule has 86 valence electrons. The van der Waals surface area contributed by atoms with Gasteiger partial charge in [0.2, 0.25) is 5.91 Å². The Hall–Kier alpha value is -0.910. The van der Waals surface area contributed by atoms with Crippen molar-refractivity contribution in [1.82, 2.24) is 0 Å². The minimum absolute atomic E-state index is 0.188. The van der Waals surface area contributed by atoms with Crippen molar-refractivity contribution in [3.05, 3.63) is 28.7 Å². The number of benzene rings is 1. The third kappa shape index (κ3) is 2.11. The molecule has 0 bridgehead atoms. The van der Waals surface area contributed by atoms with E-state index < -0.39 is 5.41 Å². The van der Waals surface area contributed by atoms with E-state index in [4.69, 9.17) is 4.74 Å². The van der Waals surface area contributed by atoms with Crippen LogP contribution in [0.1, 0.15) is 0 Å². The second-order valence-corrected chi connectivity index (χ2v) is 4.81. The van der Waals surface area contributed by atoms with E-state index in [1.54, 1.807) is 6.07 Å². The van der Waals surface area contributed by atoms with Crippen molar-refractivity contribution < 1.29 is 14.6 Å². The predicted octanol–water partition coefficient (Wildman–Crippen LogP) is 1.40. The number of aliphatic hydroxyl groups excluding tert-OH is 1. The minimum atomic E-state index is -0.762. The number of rotatable bonds is 3. The Bertz CT molecular complexity index is 398. The lowest BCUT2D eigenvalue weighted by Crippen LogP contribution is -2.54. The molecule has 0 spiro atoms. The summed E-state index contributed by atoms with van der Waals surface area (Å²) in [5, 5.41) is 12.0. The molecule has 0 atom stereocenters. The maximum atomic E-state index is 11.9. The molecule has 0 aromatic heterocycles. The Balaban J connectivity index is 2.07. The number of ether oxygens (including phenoxy) is 1. The number of nitrogens with one attached hydrogen (secondary N) is 1. The Morgan fingerprint density at radius 1 is 1.56 bits per heavy atom. The highest BCUT2D eigenvalue weighted by molar-refractivity contribution is 9.10. The molecule has 5 heteroatoms. The Labute approximate surface area is 102 Å². The summed E-state index contributed by atoms with van der Waals surface area (Å²) >= 11 is 3.33. The van der Waals surface area contributed by atoms with Gasteiger partial charge in [-0.1, -0.05) is 22.0 Å². The Morgan fingerprint density at radius 2 is 2.31 bits per heavy atom. The average molecular weight is 286 g/mol. The highest BCUT2D eigenvalue weighted by atomic mass is 79.9. The summed E-state index contributed by atoms with van der Waals surface area (Å²) in [6.07, 6.45) is 0.